The van der Waals surface area contributed by atoms with Gasteiger partial charge in [-0.25, -0.2) is 0 Å². The highest BCUT2D eigenvalue weighted by Gasteiger charge is 2.18. The van der Waals surface area contributed by atoms with E-state index in [2.05, 4.69) is 5.14 Å². The first-order valence-corrected chi connectivity index (χ1v) is 8.28. The van der Waals surface area contributed by atoms with E-state index in [0.717, 1.165) is 24.8 Å². The molecule has 0 saturated heterocycles. The molecular formula is C14H22ClN2O3S-. The summed E-state index contributed by atoms with van der Waals surface area (Å²) in [7, 11) is 0. The number of carbonyl (C=O) groups is 1. The summed E-state index contributed by atoms with van der Waals surface area (Å²) in [6.07, 6.45) is 2.77. The molecule has 0 aliphatic heterocycles. The molecule has 120 valence electrons. The first-order chi connectivity index (χ1) is 9.92. The number of nitrogens with two attached hydrogens (primary N) is 2. The normalized spacial score (nSPS) is 13.0. The van der Waals surface area contributed by atoms with E-state index >= 15 is 0 Å². The zero-order chi connectivity index (χ0) is 16.3. The third-order valence-corrected chi connectivity index (χ3v) is 3.21. The third kappa shape index (κ3) is 9.71. The van der Waals surface area contributed by atoms with Crippen molar-refractivity contribution in [2.45, 2.75) is 32.1 Å². The van der Waals surface area contributed by atoms with Crippen molar-refractivity contribution in [1.82, 2.24) is 0 Å². The number of alkyl halides is 1. The van der Waals surface area contributed by atoms with Gasteiger partial charge < -0.3 is 10.3 Å². The highest BCUT2D eigenvalue weighted by molar-refractivity contribution is 7.76. The Morgan fingerprint density at radius 3 is 2.29 bits per heavy atom. The summed E-state index contributed by atoms with van der Waals surface area (Å²) in [4.78, 5) is 11.8. The number of ketones is 1. The minimum Gasteiger partial charge on any atom is -0.760 e. The molecule has 5 nitrogen and oxygen atoms in total. The largest absolute Gasteiger partial charge is 0.760 e. The predicted molar refractivity (Wildman–Crippen MR) is 85.7 cm³/mol. The van der Waals surface area contributed by atoms with E-state index in [1.807, 2.05) is 31.2 Å². The number of aryl methyl sites for hydroxylation is 1. The van der Waals surface area contributed by atoms with Crippen LogP contribution in [0.3, 0.4) is 0 Å². The Balaban J connectivity index is 0.000000885. The van der Waals surface area contributed by atoms with Crippen LogP contribution >= 0.6 is 11.6 Å². The summed E-state index contributed by atoms with van der Waals surface area (Å²) in [5.41, 5.74) is 7.74. The summed E-state index contributed by atoms with van der Waals surface area (Å²) in [5.74, 6) is 0.119. The number of benzene rings is 1. The second kappa shape index (κ2) is 11.8. The maximum absolute atomic E-state index is 11.8. The van der Waals surface area contributed by atoms with Gasteiger partial charge in [-0.05, 0) is 31.9 Å². The molecule has 1 aromatic carbocycles. The van der Waals surface area contributed by atoms with Crippen LogP contribution in [-0.4, -0.2) is 27.0 Å². The van der Waals surface area contributed by atoms with Gasteiger partial charge in [0.2, 0.25) is 0 Å². The standard InChI is InChI=1S/C14H20ClNO.H3NO2S/c1-11-5-7-12(8-6-11)13(14(17)10-15)4-2-3-9-16;1-4(2)3/h5-8,13H,2-4,9-10,16H2,1H3;1H2,(H,2,3)/p-1. The first kappa shape index (κ1) is 20.2. The topological polar surface area (TPSA) is 109 Å². The van der Waals surface area contributed by atoms with E-state index < -0.39 is 11.3 Å². The Kier molecular flexibility index (Phi) is 11.4. The molecule has 0 aliphatic rings. The van der Waals surface area contributed by atoms with Crippen molar-refractivity contribution in [3.8, 4) is 0 Å². The lowest BCUT2D eigenvalue weighted by molar-refractivity contribution is -0.118. The number of hydrogen-bond donors (Lipinski definition) is 2. The van der Waals surface area contributed by atoms with Crippen molar-refractivity contribution >= 4 is 28.7 Å². The molecule has 0 aromatic heterocycles. The number of unbranched alkanes of at least 4 members (excludes halogenated alkanes) is 1. The Bertz CT molecular complexity index is 436. The molecule has 0 amide bonds. The van der Waals surface area contributed by atoms with Gasteiger partial charge >= 0.3 is 0 Å². The van der Waals surface area contributed by atoms with Gasteiger partial charge in [0.15, 0.2) is 5.78 Å². The summed E-state index contributed by atoms with van der Waals surface area (Å²) in [5, 5.41) is 4.03. The zero-order valence-electron chi connectivity index (χ0n) is 12.1. The molecule has 0 bridgehead atoms. The Morgan fingerprint density at radius 1 is 1.33 bits per heavy atom. The molecule has 7 heteroatoms. The van der Waals surface area contributed by atoms with Crippen LogP contribution in [0.2, 0.25) is 0 Å². The molecule has 0 spiro atoms. The Morgan fingerprint density at radius 2 is 1.86 bits per heavy atom. The fourth-order valence-corrected chi connectivity index (χ4v) is 2.08. The molecule has 0 aliphatic carbocycles. The summed E-state index contributed by atoms with van der Waals surface area (Å²) in [6.45, 7) is 2.71. The molecule has 21 heavy (non-hydrogen) atoms. The van der Waals surface area contributed by atoms with Crippen LogP contribution in [0.25, 0.3) is 0 Å². The molecule has 1 aromatic rings. The lowest BCUT2D eigenvalue weighted by atomic mass is 9.90. The van der Waals surface area contributed by atoms with E-state index in [4.69, 9.17) is 26.1 Å². The molecule has 0 saturated carbocycles. The van der Waals surface area contributed by atoms with Crippen molar-refractivity contribution < 1.29 is 13.6 Å². The van der Waals surface area contributed by atoms with Gasteiger partial charge in [-0.1, -0.05) is 36.2 Å². The quantitative estimate of drug-likeness (QED) is 0.450. The van der Waals surface area contributed by atoms with Crippen LogP contribution in [0.4, 0.5) is 0 Å². The van der Waals surface area contributed by atoms with Crippen LogP contribution in [0.5, 0.6) is 0 Å². The average molecular weight is 334 g/mol. The Labute approximate surface area is 133 Å². The van der Waals surface area contributed by atoms with E-state index in [0.29, 0.717) is 6.54 Å². The fourth-order valence-electron chi connectivity index (χ4n) is 1.90. The number of rotatable bonds is 7. The van der Waals surface area contributed by atoms with Crippen molar-refractivity contribution in [2.24, 2.45) is 10.9 Å². The molecule has 1 rings (SSSR count). The maximum atomic E-state index is 11.8. The molecule has 2 atom stereocenters. The smallest absolute Gasteiger partial charge is 0.155 e. The van der Waals surface area contributed by atoms with Gasteiger partial charge in [0.05, 0.1) is 5.88 Å². The number of carbonyl (C=O) groups excluding carboxylic acids is 1. The molecule has 0 radical (unpaired) electrons. The van der Waals surface area contributed by atoms with E-state index in [1.54, 1.807) is 0 Å². The van der Waals surface area contributed by atoms with Crippen LogP contribution in [0.15, 0.2) is 24.3 Å². The first-order valence-electron chi connectivity index (χ1n) is 6.61. The van der Waals surface area contributed by atoms with Crippen LogP contribution in [-0.2, 0) is 16.1 Å². The number of Topliss-reactive ketones (excluding diaryl/α,β-unsaturated/α-hetero) is 1. The number of hydrogen-bond acceptors (Lipinski definition) is 4. The minimum absolute atomic E-state index is 0.0698. The highest BCUT2D eigenvalue weighted by Crippen LogP contribution is 2.24. The SMILES string of the molecule is Cc1ccc(C(CCCCN)C(=O)CCl)cc1.NS(=O)[O-]. The average Bonchev–Trinajstić information content (AvgIpc) is 2.44. The maximum Gasteiger partial charge on any atom is 0.155 e. The van der Waals surface area contributed by atoms with Gasteiger partial charge in [-0.2, -0.15) is 0 Å². The predicted octanol–water partition coefficient (Wildman–Crippen LogP) is 1.75. The molecule has 2 unspecified atom stereocenters. The van der Waals surface area contributed by atoms with E-state index in [9.17, 15) is 4.79 Å². The third-order valence-electron chi connectivity index (χ3n) is 2.95. The second-order valence-corrected chi connectivity index (χ2v) is 5.40. The van der Waals surface area contributed by atoms with Gasteiger partial charge in [0, 0.05) is 17.2 Å². The van der Waals surface area contributed by atoms with Crippen LogP contribution < -0.4 is 10.9 Å². The van der Waals surface area contributed by atoms with Crippen LogP contribution in [0.1, 0.15) is 36.3 Å². The monoisotopic (exact) mass is 333 g/mol. The van der Waals surface area contributed by atoms with Crippen molar-refractivity contribution in [2.75, 3.05) is 12.4 Å². The number of halogens is 1. The lowest BCUT2D eigenvalue weighted by Gasteiger charge is -2.15. The van der Waals surface area contributed by atoms with Gasteiger partial charge in [-0.3, -0.25) is 14.1 Å². The highest BCUT2D eigenvalue weighted by atomic mass is 35.5. The van der Waals surface area contributed by atoms with Crippen LogP contribution in [0, 0.1) is 6.92 Å². The minimum atomic E-state index is -2.36. The summed E-state index contributed by atoms with van der Waals surface area (Å²) in [6, 6.07) is 8.11. The van der Waals surface area contributed by atoms with Gasteiger partial charge in [-0.15, -0.1) is 11.6 Å². The Hall–Kier alpha value is -0.790. The lowest BCUT2D eigenvalue weighted by Crippen LogP contribution is -2.14. The fraction of sp³-hybridized carbons (Fsp3) is 0.500. The van der Waals surface area contributed by atoms with Crippen molar-refractivity contribution in [3.63, 3.8) is 0 Å². The molecule has 0 heterocycles. The molecule has 4 N–H and O–H groups in total. The van der Waals surface area contributed by atoms with Gasteiger partial charge in [0.25, 0.3) is 0 Å². The molecule has 0 fully saturated rings. The van der Waals surface area contributed by atoms with E-state index in [1.165, 1.54) is 5.56 Å². The second-order valence-electron chi connectivity index (χ2n) is 4.61. The summed E-state index contributed by atoms with van der Waals surface area (Å²) >= 11 is 3.31. The van der Waals surface area contributed by atoms with Crippen molar-refractivity contribution in [3.05, 3.63) is 35.4 Å². The zero-order valence-corrected chi connectivity index (χ0v) is 13.7. The van der Waals surface area contributed by atoms with Gasteiger partial charge in [0.1, 0.15) is 0 Å². The summed E-state index contributed by atoms with van der Waals surface area (Å²) < 4.78 is 17.6. The van der Waals surface area contributed by atoms with Crippen molar-refractivity contribution in [1.29, 1.82) is 0 Å². The molecular weight excluding hydrogens is 312 g/mol. The van der Waals surface area contributed by atoms with E-state index in [-0.39, 0.29) is 17.6 Å².